The van der Waals surface area contributed by atoms with E-state index in [1.807, 2.05) is 68.4 Å². The van der Waals surface area contributed by atoms with Crippen molar-refractivity contribution in [2.75, 3.05) is 0 Å². The highest BCUT2D eigenvalue weighted by molar-refractivity contribution is 6.32. The molecule has 0 atom stereocenters. The van der Waals surface area contributed by atoms with Crippen molar-refractivity contribution in [2.45, 2.75) is 13.8 Å². The zero-order chi connectivity index (χ0) is 17.8. The van der Waals surface area contributed by atoms with Gasteiger partial charge in [0.1, 0.15) is 17.2 Å². The highest BCUT2D eigenvalue weighted by atomic mass is 35.5. The predicted molar refractivity (Wildman–Crippen MR) is 103 cm³/mol. The van der Waals surface area contributed by atoms with Crippen LogP contribution in [-0.4, -0.2) is 11.3 Å². The Balaban J connectivity index is 1.73. The Morgan fingerprint density at radius 3 is 2.24 bits per heavy atom. The lowest BCUT2D eigenvalue weighted by Gasteiger charge is -2.07. The molecule has 3 aromatic carbocycles. The molecule has 126 valence electrons. The molecule has 0 aliphatic heterocycles. The number of hydrogen-bond donors (Lipinski definition) is 1. The van der Waals surface area contributed by atoms with Crippen molar-refractivity contribution in [3.63, 3.8) is 0 Å². The van der Waals surface area contributed by atoms with Crippen molar-refractivity contribution in [3.05, 3.63) is 82.4 Å². The number of benzene rings is 3. The summed E-state index contributed by atoms with van der Waals surface area (Å²) in [7, 11) is 0. The molecule has 0 radical (unpaired) electrons. The second-order valence-electron chi connectivity index (χ2n) is 5.79. The molecule has 0 saturated carbocycles. The third-order valence-electron chi connectivity index (χ3n) is 3.78. The van der Waals surface area contributed by atoms with Crippen LogP contribution in [0.2, 0.25) is 5.02 Å². The van der Waals surface area contributed by atoms with Crippen molar-refractivity contribution in [2.24, 2.45) is 4.99 Å². The zero-order valence-electron chi connectivity index (χ0n) is 14.0. The minimum atomic E-state index is 0.332. The Labute approximate surface area is 152 Å². The fraction of sp³-hybridized carbons (Fsp3) is 0.0952. The zero-order valence-corrected chi connectivity index (χ0v) is 14.8. The maximum absolute atomic E-state index is 9.82. The van der Waals surface area contributed by atoms with Crippen LogP contribution in [0.1, 0.15) is 16.7 Å². The van der Waals surface area contributed by atoms with Crippen LogP contribution < -0.4 is 4.74 Å². The lowest BCUT2D eigenvalue weighted by atomic mass is 10.1. The maximum atomic E-state index is 9.82. The van der Waals surface area contributed by atoms with E-state index in [0.717, 1.165) is 22.4 Å². The number of phenols is 1. The van der Waals surface area contributed by atoms with Gasteiger partial charge in [-0.2, -0.15) is 0 Å². The summed E-state index contributed by atoms with van der Waals surface area (Å²) in [6.07, 6.45) is 1.78. The van der Waals surface area contributed by atoms with Gasteiger partial charge in [0, 0.05) is 6.21 Å². The van der Waals surface area contributed by atoms with E-state index in [1.165, 1.54) is 0 Å². The Morgan fingerprint density at radius 2 is 1.60 bits per heavy atom. The lowest BCUT2D eigenvalue weighted by Crippen LogP contribution is -1.87. The summed E-state index contributed by atoms with van der Waals surface area (Å²) in [6, 6.07) is 18.6. The third kappa shape index (κ3) is 4.20. The molecule has 0 aliphatic carbocycles. The number of halogens is 1. The number of para-hydroxylation sites is 1. The Kier molecular flexibility index (Phi) is 5.05. The molecule has 0 unspecified atom stereocenters. The number of ether oxygens (including phenoxy) is 1. The Morgan fingerprint density at radius 1 is 0.960 bits per heavy atom. The number of phenolic OH excluding ortho intramolecular Hbond substituents is 1. The first kappa shape index (κ1) is 17.1. The first-order valence-electron chi connectivity index (χ1n) is 7.89. The van der Waals surface area contributed by atoms with E-state index in [0.29, 0.717) is 22.3 Å². The number of aryl methyl sites for hydroxylation is 2. The standard InChI is InChI=1S/C21H18ClNO2/c1-14-11-16(12-15(2)21(14)24)13-23-17-7-9-18(10-8-17)25-20-6-4-3-5-19(20)22/h3-13,24H,1-2H3. The second kappa shape index (κ2) is 7.41. The molecule has 25 heavy (non-hydrogen) atoms. The second-order valence-corrected chi connectivity index (χ2v) is 6.20. The van der Waals surface area contributed by atoms with Gasteiger partial charge in [0.25, 0.3) is 0 Å². The number of hydrogen-bond acceptors (Lipinski definition) is 3. The molecule has 4 heteroatoms. The van der Waals surface area contributed by atoms with Crippen LogP contribution in [0.15, 0.2) is 65.7 Å². The number of nitrogens with zero attached hydrogens (tertiary/aromatic N) is 1. The summed E-state index contributed by atoms with van der Waals surface area (Å²) in [4.78, 5) is 4.47. The van der Waals surface area contributed by atoms with Gasteiger partial charge in [0.15, 0.2) is 0 Å². The molecule has 3 aromatic rings. The van der Waals surface area contributed by atoms with Crippen LogP contribution in [0, 0.1) is 13.8 Å². The average molecular weight is 352 g/mol. The van der Waals surface area contributed by atoms with Crippen LogP contribution in [0.5, 0.6) is 17.2 Å². The smallest absolute Gasteiger partial charge is 0.146 e. The first-order chi connectivity index (χ1) is 12.0. The SMILES string of the molecule is Cc1cc(C=Nc2ccc(Oc3ccccc3Cl)cc2)cc(C)c1O. The maximum Gasteiger partial charge on any atom is 0.146 e. The first-order valence-corrected chi connectivity index (χ1v) is 8.27. The quantitative estimate of drug-likeness (QED) is 0.568. The van der Waals surface area contributed by atoms with Gasteiger partial charge in [-0.15, -0.1) is 0 Å². The van der Waals surface area contributed by atoms with Crippen molar-refractivity contribution >= 4 is 23.5 Å². The molecule has 0 amide bonds. The van der Waals surface area contributed by atoms with Crippen molar-refractivity contribution in [3.8, 4) is 17.2 Å². The monoisotopic (exact) mass is 351 g/mol. The molecular weight excluding hydrogens is 334 g/mol. The van der Waals surface area contributed by atoms with E-state index in [1.54, 1.807) is 12.3 Å². The van der Waals surface area contributed by atoms with E-state index in [2.05, 4.69) is 4.99 Å². The molecule has 3 nitrogen and oxygen atoms in total. The molecule has 0 aromatic heterocycles. The van der Waals surface area contributed by atoms with Crippen molar-refractivity contribution in [1.29, 1.82) is 0 Å². The Bertz CT molecular complexity index is 894. The highest BCUT2D eigenvalue weighted by Crippen LogP contribution is 2.30. The van der Waals surface area contributed by atoms with Crippen molar-refractivity contribution in [1.82, 2.24) is 0 Å². The minimum absolute atomic E-state index is 0.332. The van der Waals surface area contributed by atoms with Gasteiger partial charge in [0.05, 0.1) is 10.7 Å². The van der Waals surface area contributed by atoms with Crippen LogP contribution in [-0.2, 0) is 0 Å². The summed E-state index contributed by atoms with van der Waals surface area (Å²) in [6.45, 7) is 3.75. The molecule has 0 spiro atoms. The molecule has 0 fully saturated rings. The lowest BCUT2D eigenvalue weighted by molar-refractivity contribution is 0.467. The van der Waals surface area contributed by atoms with Gasteiger partial charge in [-0.25, -0.2) is 0 Å². The fourth-order valence-corrected chi connectivity index (χ4v) is 2.64. The highest BCUT2D eigenvalue weighted by Gasteiger charge is 2.03. The minimum Gasteiger partial charge on any atom is -0.507 e. The van der Waals surface area contributed by atoms with E-state index >= 15 is 0 Å². The molecule has 1 N–H and O–H groups in total. The van der Waals surface area contributed by atoms with Gasteiger partial charge < -0.3 is 9.84 Å². The summed E-state index contributed by atoms with van der Waals surface area (Å²) in [5.41, 5.74) is 3.44. The summed E-state index contributed by atoms with van der Waals surface area (Å²) < 4.78 is 5.76. The molecule has 0 bridgehead atoms. The molecular formula is C21H18ClNO2. The Hall–Kier alpha value is -2.78. The summed E-state index contributed by atoms with van der Waals surface area (Å²) in [5, 5.41) is 10.4. The largest absolute Gasteiger partial charge is 0.507 e. The average Bonchev–Trinajstić information content (AvgIpc) is 2.61. The topological polar surface area (TPSA) is 41.8 Å². The number of aromatic hydroxyl groups is 1. The van der Waals surface area contributed by atoms with Gasteiger partial charge in [-0.05, 0) is 79.1 Å². The van der Waals surface area contributed by atoms with Crippen LogP contribution >= 0.6 is 11.6 Å². The predicted octanol–water partition coefficient (Wildman–Crippen LogP) is 6.21. The molecule has 0 heterocycles. The van der Waals surface area contributed by atoms with E-state index in [9.17, 15) is 5.11 Å². The third-order valence-corrected chi connectivity index (χ3v) is 4.09. The van der Waals surface area contributed by atoms with E-state index in [-0.39, 0.29) is 0 Å². The molecule has 0 aliphatic rings. The van der Waals surface area contributed by atoms with Crippen LogP contribution in [0.3, 0.4) is 0 Å². The summed E-state index contributed by atoms with van der Waals surface area (Å²) >= 11 is 6.09. The van der Waals surface area contributed by atoms with Crippen molar-refractivity contribution < 1.29 is 9.84 Å². The van der Waals surface area contributed by atoms with Gasteiger partial charge in [-0.3, -0.25) is 4.99 Å². The normalized spacial score (nSPS) is 11.0. The number of rotatable bonds is 4. The number of aliphatic imine (C=N–C) groups is 1. The molecule has 0 saturated heterocycles. The fourth-order valence-electron chi connectivity index (χ4n) is 2.47. The van der Waals surface area contributed by atoms with Crippen LogP contribution in [0.25, 0.3) is 0 Å². The van der Waals surface area contributed by atoms with Crippen LogP contribution in [0.4, 0.5) is 5.69 Å². The van der Waals surface area contributed by atoms with Gasteiger partial charge in [0.2, 0.25) is 0 Å². The van der Waals surface area contributed by atoms with Gasteiger partial charge in [-0.1, -0.05) is 23.7 Å². The van der Waals surface area contributed by atoms with Gasteiger partial charge >= 0.3 is 0 Å². The van der Waals surface area contributed by atoms with E-state index in [4.69, 9.17) is 16.3 Å². The summed E-state index contributed by atoms with van der Waals surface area (Å²) in [5.74, 6) is 1.65. The van der Waals surface area contributed by atoms with E-state index < -0.39 is 0 Å². The molecule has 3 rings (SSSR count).